The first-order chi connectivity index (χ1) is 26.2. The molecule has 0 aromatic heterocycles. The lowest BCUT2D eigenvalue weighted by molar-refractivity contribution is 1.67. The molecule has 0 nitrogen and oxygen atoms in total. The Bertz CT molecular complexity index is 2690. The molecule has 1 aliphatic rings. The van der Waals surface area contributed by atoms with Gasteiger partial charge in [-0.3, -0.25) is 0 Å². The minimum absolute atomic E-state index is 1.30. The van der Waals surface area contributed by atoms with E-state index < -0.39 is 14.5 Å². The zero-order valence-electron chi connectivity index (χ0n) is 29.6. The van der Waals surface area contributed by atoms with Gasteiger partial charge in [0.2, 0.25) is 0 Å². The average molecular weight is 713 g/mol. The van der Waals surface area contributed by atoms with Crippen LogP contribution >= 0.6 is 14.5 Å². The van der Waals surface area contributed by atoms with Crippen molar-refractivity contribution in [1.82, 2.24) is 0 Å². The molecule has 0 amide bonds. The second-order valence-electron chi connectivity index (χ2n) is 14.0. The van der Waals surface area contributed by atoms with Crippen LogP contribution in [0.4, 0.5) is 0 Å². The van der Waals surface area contributed by atoms with Crippen molar-refractivity contribution in [3.05, 3.63) is 212 Å². The molecule has 9 aromatic carbocycles. The van der Waals surface area contributed by atoms with Crippen molar-refractivity contribution in [2.45, 2.75) is 0 Å². The maximum Gasteiger partial charge on any atom is 0.145 e. The molecule has 2 heteroatoms. The molecule has 0 N–H and O–H groups in total. The zero-order valence-corrected chi connectivity index (χ0v) is 31.4. The topological polar surface area (TPSA) is 0 Å². The van der Waals surface area contributed by atoms with Gasteiger partial charge in [-0.05, 0) is 82.9 Å². The third-order valence-electron chi connectivity index (χ3n) is 11.4. The van der Waals surface area contributed by atoms with Gasteiger partial charge < -0.3 is 0 Å². The smallest absolute Gasteiger partial charge is 0.0620 e. The minimum Gasteiger partial charge on any atom is -0.0620 e. The van der Waals surface area contributed by atoms with Crippen LogP contribution in [0.1, 0.15) is 0 Å². The standard InChI is InChI=1S/C51H38P2/c1-52(37-21-6-2-7-22-37,38-23-8-3-9-24-38)46-34-18-16-31-43(46)49-41-29-14-15-30-42(41)50-44-32-17-19-35-47(44)53(39-25-10-4-11-26-39,40-27-12-5-13-28-40)48-36-20-33-45(49)51(48)50/h2-36H,1H3/q+2. The number of rotatable bonds is 6. The lowest BCUT2D eigenvalue weighted by Gasteiger charge is -2.35. The SMILES string of the molecule is C[P+](c1ccccc1)(c1ccccc1)c1ccccc1-c1c2ccccc2c2c3c(cccc13)[P+](c1ccccc1)(c1ccccc1)c1ccccc1-2. The van der Waals surface area contributed by atoms with Gasteiger partial charge in [-0.15, -0.1) is 0 Å². The van der Waals surface area contributed by atoms with Gasteiger partial charge in [-0.25, -0.2) is 0 Å². The highest BCUT2D eigenvalue weighted by atomic mass is 31.2. The van der Waals surface area contributed by atoms with E-state index in [1.54, 1.807) is 0 Å². The largest absolute Gasteiger partial charge is 0.145 e. The number of hydrogen-bond acceptors (Lipinski definition) is 0. The second kappa shape index (κ2) is 12.8. The maximum absolute atomic E-state index is 2.52. The fraction of sp³-hybridized carbons (Fsp3) is 0.0196. The fourth-order valence-electron chi connectivity index (χ4n) is 9.13. The Kier molecular flexibility index (Phi) is 7.73. The van der Waals surface area contributed by atoms with Crippen molar-refractivity contribution in [2.24, 2.45) is 0 Å². The predicted octanol–water partition coefficient (Wildman–Crippen LogP) is 10.2. The summed E-state index contributed by atoms with van der Waals surface area (Å²) in [6.45, 7) is 2.52. The highest BCUT2D eigenvalue weighted by Crippen LogP contribution is 2.62. The van der Waals surface area contributed by atoms with E-state index in [1.165, 1.54) is 80.9 Å². The van der Waals surface area contributed by atoms with Gasteiger partial charge in [0.1, 0.15) is 51.7 Å². The van der Waals surface area contributed by atoms with E-state index in [0.29, 0.717) is 0 Å². The molecule has 0 fully saturated rings. The summed E-state index contributed by atoms with van der Waals surface area (Å²) >= 11 is 0. The van der Waals surface area contributed by atoms with Crippen LogP contribution in [0.5, 0.6) is 0 Å². The van der Waals surface area contributed by atoms with Crippen LogP contribution in [-0.4, -0.2) is 6.66 Å². The average Bonchev–Trinajstić information content (AvgIpc) is 3.24. The summed E-state index contributed by atoms with van der Waals surface area (Å²) in [7, 11) is -4.39. The van der Waals surface area contributed by atoms with Crippen molar-refractivity contribution in [3.8, 4) is 22.3 Å². The van der Waals surface area contributed by atoms with Crippen LogP contribution in [0.15, 0.2) is 212 Å². The Hall–Kier alpha value is -5.64. The summed E-state index contributed by atoms with van der Waals surface area (Å²) in [4.78, 5) is 0. The maximum atomic E-state index is 2.52. The van der Waals surface area contributed by atoms with E-state index in [0.717, 1.165) is 0 Å². The molecule has 9 aromatic rings. The van der Waals surface area contributed by atoms with Crippen molar-refractivity contribution in [2.75, 3.05) is 6.66 Å². The Morgan fingerprint density at radius 2 is 0.774 bits per heavy atom. The predicted molar refractivity (Wildman–Crippen MR) is 235 cm³/mol. The lowest BCUT2D eigenvalue weighted by Crippen LogP contribution is -2.41. The zero-order chi connectivity index (χ0) is 35.4. The van der Waals surface area contributed by atoms with Crippen molar-refractivity contribution in [1.29, 1.82) is 0 Å². The fourth-order valence-corrected chi connectivity index (χ4v) is 17.2. The van der Waals surface area contributed by atoms with Gasteiger partial charge in [0.15, 0.2) is 0 Å². The van der Waals surface area contributed by atoms with Gasteiger partial charge in [0, 0.05) is 27.6 Å². The molecule has 250 valence electrons. The summed E-state index contributed by atoms with van der Waals surface area (Å²) in [6.07, 6.45) is 0. The van der Waals surface area contributed by atoms with E-state index in [9.17, 15) is 0 Å². The quantitative estimate of drug-likeness (QED) is 0.119. The molecule has 0 unspecified atom stereocenters. The number of hydrogen-bond donors (Lipinski definition) is 0. The van der Waals surface area contributed by atoms with Gasteiger partial charge in [-0.1, -0.05) is 146 Å². The van der Waals surface area contributed by atoms with E-state index in [2.05, 4.69) is 219 Å². The first-order valence-corrected chi connectivity index (χ1v) is 22.4. The van der Waals surface area contributed by atoms with Crippen LogP contribution in [0.3, 0.4) is 0 Å². The Morgan fingerprint density at radius 3 is 1.38 bits per heavy atom. The first-order valence-electron chi connectivity index (χ1n) is 18.4. The normalized spacial score (nSPS) is 13.2. The molecule has 0 aliphatic carbocycles. The molecule has 0 bridgehead atoms. The molecular formula is C51H38P2+2. The van der Waals surface area contributed by atoms with E-state index in [4.69, 9.17) is 0 Å². The van der Waals surface area contributed by atoms with Crippen LogP contribution in [0.25, 0.3) is 43.8 Å². The highest BCUT2D eigenvalue weighted by Gasteiger charge is 2.53. The molecule has 0 radical (unpaired) electrons. The highest BCUT2D eigenvalue weighted by molar-refractivity contribution is 8.02. The Morgan fingerprint density at radius 1 is 0.340 bits per heavy atom. The van der Waals surface area contributed by atoms with Crippen molar-refractivity contribution in [3.63, 3.8) is 0 Å². The molecule has 1 heterocycles. The monoisotopic (exact) mass is 712 g/mol. The number of fused-ring (bicyclic) bond motifs is 4. The van der Waals surface area contributed by atoms with Gasteiger partial charge >= 0.3 is 0 Å². The van der Waals surface area contributed by atoms with Crippen LogP contribution in [-0.2, 0) is 0 Å². The Balaban J connectivity index is 1.40. The van der Waals surface area contributed by atoms with E-state index in [1.807, 2.05) is 0 Å². The third-order valence-corrected chi connectivity index (χ3v) is 19.8. The Labute approximate surface area is 313 Å². The van der Waals surface area contributed by atoms with Gasteiger partial charge in [0.05, 0.1) is 6.66 Å². The van der Waals surface area contributed by atoms with Gasteiger partial charge in [0.25, 0.3) is 0 Å². The van der Waals surface area contributed by atoms with Crippen LogP contribution in [0, 0.1) is 0 Å². The molecule has 0 spiro atoms. The van der Waals surface area contributed by atoms with Crippen molar-refractivity contribution < 1.29 is 0 Å². The summed E-state index contributed by atoms with van der Waals surface area (Å²) in [6, 6.07) is 80.0. The minimum atomic E-state index is -2.32. The lowest BCUT2D eigenvalue weighted by atomic mass is 9.85. The summed E-state index contributed by atoms with van der Waals surface area (Å²) in [5.41, 5.74) is 5.35. The summed E-state index contributed by atoms with van der Waals surface area (Å²) in [5, 5.41) is 15.1. The van der Waals surface area contributed by atoms with Crippen LogP contribution < -0.4 is 37.1 Å². The molecule has 0 saturated carbocycles. The van der Waals surface area contributed by atoms with E-state index >= 15 is 0 Å². The van der Waals surface area contributed by atoms with Crippen molar-refractivity contribution >= 4 is 73.2 Å². The molecule has 1 aliphatic heterocycles. The molecule has 0 atom stereocenters. The third kappa shape index (κ3) is 4.70. The van der Waals surface area contributed by atoms with Crippen LogP contribution in [0.2, 0.25) is 0 Å². The number of benzene rings is 9. The van der Waals surface area contributed by atoms with E-state index in [-0.39, 0.29) is 0 Å². The molecule has 53 heavy (non-hydrogen) atoms. The molecule has 10 rings (SSSR count). The summed E-state index contributed by atoms with van der Waals surface area (Å²) in [5.74, 6) is 0. The van der Waals surface area contributed by atoms with Gasteiger partial charge in [-0.2, -0.15) is 0 Å². The first kappa shape index (κ1) is 32.0. The molecular weight excluding hydrogens is 675 g/mol. The molecule has 0 saturated heterocycles. The summed E-state index contributed by atoms with van der Waals surface area (Å²) < 4.78 is 0. The second-order valence-corrected chi connectivity index (χ2v) is 20.9.